The second-order valence-electron chi connectivity index (χ2n) is 3.92. The summed E-state index contributed by atoms with van der Waals surface area (Å²) in [5.41, 5.74) is 0.549. The highest BCUT2D eigenvalue weighted by Gasteiger charge is 2.18. The molecule has 21 heavy (non-hydrogen) atoms. The monoisotopic (exact) mass is 292 g/mol. The van der Waals surface area contributed by atoms with E-state index in [4.69, 9.17) is 14.2 Å². The van der Waals surface area contributed by atoms with Crippen LogP contribution in [0.15, 0.2) is 18.2 Å². The van der Waals surface area contributed by atoms with Crippen LogP contribution in [0.4, 0.5) is 5.69 Å². The third kappa shape index (κ3) is 3.32. The zero-order chi connectivity index (χ0) is 15.4. The molecular formula is C12H12N4O5. The van der Waals surface area contributed by atoms with Crippen molar-refractivity contribution in [3.8, 4) is 23.8 Å². The minimum Gasteiger partial charge on any atom is -0.467 e. The van der Waals surface area contributed by atoms with Gasteiger partial charge in [0.2, 0.25) is 5.75 Å². The summed E-state index contributed by atoms with van der Waals surface area (Å²) >= 11 is 0. The van der Waals surface area contributed by atoms with Crippen molar-refractivity contribution < 1.29 is 19.1 Å². The van der Waals surface area contributed by atoms with E-state index < -0.39 is 4.92 Å². The van der Waals surface area contributed by atoms with Gasteiger partial charge in [-0.25, -0.2) is 0 Å². The van der Waals surface area contributed by atoms with E-state index >= 15 is 0 Å². The van der Waals surface area contributed by atoms with Crippen molar-refractivity contribution in [3.63, 3.8) is 0 Å². The first kappa shape index (κ1) is 14.4. The Morgan fingerprint density at radius 1 is 1.05 bits per heavy atom. The first-order valence-electron chi connectivity index (χ1n) is 5.80. The Kier molecular flexibility index (Phi) is 4.12. The highest BCUT2D eigenvalue weighted by molar-refractivity contribution is 5.49. The summed E-state index contributed by atoms with van der Waals surface area (Å²) in [5, 5.41) is 11.0. The van der Waals surface area contributed by atoms with Crippen molar-refractivity contribution in [2.24, 2.45) is 0 Å². The summed E-state index contributed by atoms with van der Waals surface area (Å²) in [6.45, 7) is 1.74. The molecule has 0 saturated carbocycles. The number of hydrogen-bond acceptors (Lipinski definition) is 8. The Morgan fingerprint density at radius 3 is 2.14 bits per heavy atom. The van der Waals surface area contributed by atoms with Gasteiger partial charge in [0.15, 0.2) is 0 Å². The molecule has 0 unspecified atom stereocenters. The third-order valence-electron chi connectivity index (χ3n) is 2.45. The summed E-state index contributed by atoms with van der Waals surface area (Å²) in [5.74, 6) is 0.0147. The molecule has 0 aliphatic heterocycles. The van der Waals surface area contributed by atoms with Gasteiger partial charge in [-0.2, -0.15) is 0 Å². The van der Waals surface area contributed by atoms with Crippen molar-refractivity contribution >= 4 is 5.69 Å². The van der Waals surface area contributed by atoms with E-state index in [2.05, 4.69) is 15.0 Å². The molecule has 110 valence electrons. The topological polar surface area (TPSA) is 110 Å². The van der Waals surface area contributed by atoms with Crippen LogP contribution in [-0.4, -0.2) is 34.1 Å². The first-order chi connectivity index (χ1) is 10.0. The molecule has 0 fully saturated rings. The van der Waals surface area contributed by atoms with Crippen LogP contribution in [0.25, 0.3) is 0 Å². The lowest BCUT2D eigenvalue weighted by Gasteiger charge is -2.07. The molecule has 9 heteroatoms. The minimum absolute atomic E-state index is 0.0147. The lowest BCUT2D eigenvalue weighted by atomic mass is 10.2. The maximum absolute atomic E-state index is 11.0. The number of benzene rings is 1. The standard InChI is InChI=1S/C12H12N4O5/c1-7-4-5-9(8(6-7)16(17)18)21-12-14-10(19-2)13-11(15-12)20-3/h4-6H,1-3H3. The lowest BCUT2D eigenvalue weighted by Crippen LogP contribution is -2.02. The molecule has 1 heterocycles. The van der Waals surface area contributed by atoms with Crippen LogP contribution in [0.3, 0.4) is 0 Å². The number of aryl methyl sites for hydroxylation is 1. The number of nitro benzene ring substituents is 1. The van der Waals surface area contributed by atoms with Crippen LogP contribution in [0, 0.1) is 17.0 Å². The van der Waals surface area contributed by atoms with E-state index in [0.717, 1.165) is 5.56 Å². The van der Waals surface area contributed by atoms with Crippen LogP contribution in [0.2, 0.25) is 0 Å². The number of nitrogens with zero attached hydrogens (tertiary/aromatic N) is 4. The van der Waals surface area contributed by atoms with Gasteiger partial charge in [0.05, 0.1) is 19.1 Å². The molecule has 0 bridgehead atoms. The predicted octanol–water partition coefficient (Wildman–Crippen LogP) is 1.90. The molecule has 2 rings (SSSR count). The van der Waals surface area contributed by atoms with E-state index in [1.807, 2.05) is 0 Å². The fourth-order valence-electron chi connectivity index (χ4n) is 1.50. The van der Waals surface area contributed by atoms with Crippen molar-refractivity contribution in [2.75, 3.05) is 14.2 Å². The van der Waals surface area contributed by atoms with Crippen LogP contribution in [0.5, 0.6) is 23.8 Å². The van der Waals surface area contributed by atoms with Gasteiger partial charge in [0.1, 0.15) is 0 Å². The van der Waals surface area contributed by atoms with Crippen LogP contribution in [0.1, 0.15) is 5.56 Å². The van der Waals surface area contributed by atoms with Gasteiger partial charge in [0, 0.05) is 6.07 Å². The molecule has 0 amide bonds. The normalized spacial score (nSPS) is 10.0. The average molecular weight is 292 g/mol. The quantitative estimate of drug-likeness (QED) is 0.607. The predicted molar refractivity (Wildman–Crippen MR) is 70.8 cm³/mol. The second kappa shape index (κ2) is 5.99. The zero-order valence-corrected chi connectivity index (χ0v) is 11.6. The van der Waals surface area contributed by atoms with E-state index in [1.165, 1.54) is 26.4 Å². The van der Waals surface area contributed by atoms with E-state index in [1.54, 1.807) is 13.0 Å². The Bertz CT molecular complexity index is 654. The largest absolute Gasteiger partial charge is 0.467 e. The smallest absolute Gasteiger partial charge is 0.331 e. The summed E-state index contributed by atoms with van der Waals surface area (Å²) < 4.78 is 15.1. The Labute approximate surface area is 119 Å². The summed E-state index contributed by atoms with van der Waals surface area (Å²) in [6.07, 6.45) is 0. The Morgan fingerprint density at radius 2 is 1.62 bits per heavy atom. The fraction of sp³-hybridized carbons (Fsp3) is 0.250. The summed E-state index contributed by atoms with van der Waals surface area (Å²) in [4.78, 5) is 22.0. The molecule has 0 radical (unpaired) electrons. The van der Waals surface area contributed by atoms with Gasteiger partial charge in [-0.1, -0.05) is 6.07 Å². The molecule has 0 atom stereocenters. The molecule has 9 nitrogen and oxygen atoms in total. The molecule has 0 saturated heterocycles. The molecular weight excluding hydrogens is 280 g/mol. The minimum atomic E-state index is -0.544. The number of aromatic nitrogens is 3. The van der Waals surface area contributed by atoms with Crippen molar-refractivity contribution in [3.05, 3.63) is 33.9 Å². The Balaban J connectivity index is 2.40. The fourth-order valence-corrected chi connectivity index (χ4v) is 1.50. The molecule has 0 aliphatic carbocycles. The third-order valence-corrected chi connectivity index (χ3v) is 2.45. The lowest BCUT2D eigenvalue weighted by molar-refractivity contribution is -0.385. The molecule has 0 aliphatic rings. The maximum atomic E-state index is 11.0. The average Bonchev–Trinajstić information content (AvgIpc) is 2.48. The van der Waals surface area contributed by atoms with Gasteiger partial charge in [-0.15, -0.1) is 15.0 Å². The van der Waals surface area contributed by atoms with Gasteiger partial charge in [-0.3, -0.25) is 10.1 Å². The van der Waals surface area contributed by atoms with Crippen LogP contribution < -0.4 is 14.2 Å². The van der Waals surface area contributed by atoms with Gasteiger partial charge in [-0.05, 0) is 18.6 Å². The first-order valence-corrected chi connectivity index (χ1v) is 5.80. The highest BCUT2D eigenvalue weighted by Crippen LogP contribution is 2.31. The zero-order valence-electron chi connectivity index (χ0n) is 11.6. The van der Waals surface area contributed by atoms with Gasteiger partial charge in [0.25, 0.3) is 0 Å². The van der Waals surface area contributed by atoms with Crippen molar-refractivity contribution in [2.45, 2.75) is 6.92 Å². The van der Waals surface area contributed by atoms with E-state index in [0.29, 0.717) is 0 Å². The van der Waals surface area contributed by atoms with Crippen molar-refractivity contribution in [1.82, 2.24) is 15.0 Å². The molecule has 0 N–H and O–H groups in total. The number of ether oxygens (including phenoxy) is 3. The van der Waals surface area contributed by atoms with Gasteiger partial charge < -0.3 is 14.2 Å². The summed E-state index contributed by atoms with van der Waals surface area (Å²) in [6, 6.07) is 4.34. The molecule has 2 aromatic rings. The molecule has 1 aromatic heterocycles. The number of rotatable bonds is 5. The van der Waals surface area contributed by atoms with E-state index in [9.17, 15) is 10.1 Å². The van der Waals surface area contributed by atoms with Gasteiger partial charge >= 0.3 is 23.7 Å². The van der Waals surface area contributed by atoms with Crippen LogP contribution >= 0.6 is 0 Å². The Hall–Kier alpha value is -2.97. The number of methoxy groups -OCH3 is 2. The highest BCUT2D eigenvalue weighted by atomic mass is 16.6. The van der Waals surface area contributed by atoms with Crippen LogP contribution in [-0.2, 0) is 0 Å². The molecule has 1 aromatic carbocycles. The van der Waals surface area contributed by atoms with Crippen molar-refractivity contribution in [1.29, 1.82) is 0 Å². The molecule has 0 spiro atoms. The second-order valence-corrected chi connectivity index (χ2v) is 3.92. The van der Waals surface area contributed by atoms with E-state index in [-0.39, 0.29) is 29.5 Å². The SMILES string of the molecule is COc1nc(OC)nc(Oc2ccc(C)cc2[N+](=O)[O-])n1. The number of nitro groups is 1. The number of hydrogen-bond donors (Lipinski definition) is 0. The maximum Gasteiger partial charge on any atom is 0.331 e. The summed E-state index contributed by atoms with van der Waals surface area (Å²) in [7, 11) is 2.74.